The summed E-state index contributed by atoms with van der Waals surface area (Å²) in [5, 5.41) is 6.76. The van der Waals surface area contributed by atoms with Crippen LogP contribution in [0.4, 0.5) is 14.5 Å². The van der Waals surface area contributed by atoms with E-state index in [1.165, 1.54) is 19.4 Å². The van der Waals surface area contributed by atoms with Gasteiger partial charge in [-0.15, -0.1) is 0 Å². The van der Waals surface area contributed by atoms with E-state index in [9.17, 15) is 8.78 Å². The lowest BCUT2D eigenvalue weighted by atomic mass is 10.2. The molecule has 1 N–H and O–H groups in total. The van der Waals surface area contributed by atoms with Crippen molar-refractivity contribution < 1.29 is 22.8 Å². The molecule has 0 amide bonds. The molecule has 0 aliphatic carbocycles. The van der Waals surface area contributed by atoms with E-state index >= 15 is 0 Å². The van der Waals surface area contributed by atoms with Gasteiger partial charge in [0.2, 0.25) is 0 Å². The highest BCUT2D eigenvalue weighted by Crippen LogP contribution is 2.27. The van der Waals surface area contributed by atoms with Crippen molar-refractivity contribution in [1.82, 2.24) is 5.16 Å². The highest BCUT2D eigenvalue weighted by Gasteiger charge is 2.12. The Morgan fingerprint density at radius 2 is 2.20 bits per heavy atom. The first-order valence-corrected chi connectivity index (χ1v) is 5.86. The second kappa shape index (κ2) is 6.23. The van der Waals surface area contributed by atoms with Crippen LogP contribution in [0.5, 0.6) is 11.5 Å². The molecule has 1 heterocycles. The molecule has 7 heteroatoms. The Bertz CT molecular complexity index is 572. The standard InChI is InChI=1S/C13H14F2N2O3/c1-8-11(7-19-17-8)16-6-9-3-4-10(18-2)5-12(9)20-13(14)15/h3-5,7,13,16H,6H2,1-2H3. The summed E-state index contributed by atoms with van der Waals surface area (Å²) < 4.78 is 39.1. The first kappa shape index (κ1) is 14.1. The van der Waals surface area contributed by atoms with E-state index in [4.69, 9.17) is 9.26 Å². The van der Waals surface area contributed by atoms with Gasteiger partial charge in [0.25, 0.3) is 0 Å². The average molecular weight is 284 g/mol. The van der Waals surface area contributed by atoms with Gasteiger partial charge in [-0.3, -0.25) is 0 Å². The van der Waals surface area contributed by atoms with Gasteiger partial charge in [-0.2, -0.15) is 8.78 Å². The summed E-state index contributed by atoms with van der Waals surface area (Å²) in [5.74, 6) is 0.520. The second-order valence-corrected chi connectivity index (χ2v) is 4.02. The molecule has 0 radical (unpaired) electrons. The molecule has 0 aliphatic heterocycles. The fourth-order valence-electron chi connectivity index (χ4n) is 1.67. The van der Waals surface area contributed by atoms with Crippen molar-refractivity contribution in [2.24, 2.45) is 0 Å². The zero-order valence-corrected chi connectivity index (χ0v) is 11.0. The number of methoxy groups -OCH3 is 1. The van der Waals surface area contributed by atoms with Crippen molar-refractivity contribution in [3.63, 3.8) is 0 Å². The molecule has 0 atom stereocenters. The van der Waals surface area contributed by atoms with Gasteiger partial charge < -0.3 is 19.3 Å². The van der Waals surface area contributed by atoms with Crippen LogP contribution < -0.4 is 14.8 Å². The molecule has 0 fully saturated rings. The second-order valence-electron chi connectivity index (χ2n) is 4.02. The van der Waals surface area contributed by atoms with Crippen molar-refractivity contribution in [3.8, 4) is 11.5 Å². The number of nitrogens with zero attached hydrogens (tertiary/aromatic N) is 1. The highest BCUT2D eigenvalue weighted by atomic mass is 19.3. The molecule has 1 aromatic heterocycles. The van der Waals surface area contributed by atoms with Gasteiger partial charge in [-0.1, -0.05) is 5.16 Å². The van der Waals surface area contributed by atoms with E-state index in [-0.39, 0.29) is 5.75 Å². The number of rotatable bonds is 6. The van der Waals surface area contributed by atoms with Crippen molar-refractivity contribution in [1.29, 1.82) is 0 Å². The van der Waals surface area contributed by atoms with Crippen LogP contribution in [0.25, 0.3) is 0 Å². The van der Waals surface area contributed by atoms with Crippen molar-refractivity contribution in [2.75, 3.05) is 12.4 Å². The molecular formula is C13H14F2N2O3. The first-order chi connectivity index (χ1) is 9.60. The summed E-state index contributed by atoms with van der Waals surface area (Å²) in [6.45, 7) is -0.817. The largest absolute Gasteiger partial charge is 0.497 e. The lowest BCUT2D eigenvalue weighted by Gasteiger charge is -2.13. The van der Waals surface area contributed by atoms with E-state index in [2.05, 4.69) is 15.2 Å². The molecule has 20 heavy (non-hydrogen) atoms. The molecule has 2 aromatic rings. The summed E-state index contributed by atoms with van der Waals surface area (Å²) in [7, 11) is 1.46. The molecule has 0 spiro atoms. The predicted octanol–water partition coefficient (Wildman–Crippen LogP) is 3.21. The van der Waals surface area contributed by atoms with Crippen LogP contribution in [-0.4, -0.2) is 18.9 Å². The number of aromatic nitrogens is 1. The quantitative estimate of drug-likeness (QED) is 0.882. The molecule has 0 saturated carbocycles. The zero-order valence-electron chi connectivity index (χ0n) is 11.0. The van der Waals surface area contributed by atoms with Gasteiger partial charge in [-0.25, -0.2) is 0 Å². The number of hydrogen-bond donors (Lipinski definition) is 1. The summed E-state index contributed by atoms with van der Waals surface area (Å²) in [6.07, 6.45) is 1.45. The Morgan fingerprint density at radius 1 is 1.40 bits per heavy atom. The Labute approximate surface area is 114 Å². The minimum absolute atomic E-state index is 0.0703. The normalized spacial score (nSPS) is 10.7. The van der Waals surface area contributed by atoms with Crippen LogP contribution in [0.2, 0.25) is 0 Å². The fraction of sp³-hybridized carbons (Fsp3) is 0.308. The minimum atomic E-state index is -2.89. The average Bonchev–Trinajstić information content (AvgIpc) is 2.82. The van der Waals surface area contributed by atoms with E-state index < -0.39 is 6.61 Å². The van der Waals surface area contributed by atoms with Gasteiger partial charge in [0.1, 0.15) is 23.5 Å². The lowest BCUT2D eigenvalue weighted by Crippen LogP contribution is -2.07. The van der Waals surface area contributed by atoms with E-state index in [0.29, 0.717) is 29.2 Å². The van der Waals surface area contributed by atoms with E-state index in [1.54, 1.807) is 19.1 Å². The number of hydrogen-bond acceptors (Lipinski definition) is 5. The topological polar surface area (TPSA) is 56.5 Å². The smallest absolute Gasteiger partial charge is 0.387 e. The van der Waals surface area contributed by atoms with Crippen molar-refractivity contribution in [3.05, 3.63) is 35.7 Å². The number of halogens is 2. The third kappa shape index (κ3) is 3.37. The van der Waals surface area contributed by atoms with Crippen LogP contribution in [0.1, 0.15) is 11.3 Å². The monoisotopic (exact) mass is 284 g/mol. The van der Waals surface area contributed by atoms with E-state index in [1.807, 2.05) is 0 Å². The summed E-state index contributed by atoms with van der Waals surface area (Å²) in [4.78, 5) is 0. The van der Waals surface area contributed by atoms with Crippen LogP contribution in [0, 0.1) is 6.92 Å². The third-order valence-corrected chi connectivity index (χ3v) is 2.71. The Hall–Kier alpha value is -2.31. The number of nitrogens with one attached hydrogen (secondary N) is 1. The number of aryl methyl sites for hydroxylation is 1. The van der Waals surface area contributed by atoms with Gasteiger partial charge in [0.05, 0.1) is 12.8 Å². The van der Waals surface area contributed by atoms with Gasteiger partial charge in [-0.05, 0) is 19.1 Å². The first-order valence-electron chi connectivity index (χ1n) is 5.86. The van der Waals surface area contributed by atoms with Crippen molar-refractivity contribution in [2.45, 2.75) is 20.1 Å². The fourth-order valence-corrected chi connectivity index (χ4v) is 1.67. The summed E-state index contributed by atoms with van der Waals surface area (Å²) in [5.41, 5.74) is 1.96. The third-order valence-electron chi connectivity index (χ3n) is 2.71. The molecule has 2 rings (SSSR count). The Morgan fingerprint density at radius 3 is 2.80 bits per heavy atom. The van der Waals surface area contributed by atoms with Crippen LogP contribution >= 0.6 is 0 Å². The Balaban J connectivity index is 2.15. The zero-order chi connectivity index (χ0) is 14.5. The van der Waals surface area contributed by atoms with E-state index in [0.717, 1.165) is 0 Å². The number of benzene rings is 1. The molecule has 0 aliphatic rings. The molecule has 5 nitrogen and oxygen atoms in total. The molecule has 0 bridgehead atoms. The van der Waals surface area contributed by atoms with Crippen LogP contribution in [-0.2, 0) is 6.54 Å². The number of ether oxygens (including phenoxy) is 2. The van der Waals surface area contributed by atoms with Gasteiger partial charge >= 0.3 is 6.61 Å². The molecule has 1 aromatic carbocycles. The predicted molar refractivity (Wildman–Crippen MR) is 68.2 cm³/mol. The summed E-state index contributed by atoms with van der Waals surface area (Å²) >= 11 is 0. The Kier molecular flexibility index (Phi) is 4.39. The maximum absolute atomic E-state index is 12.4. The SMILES string of the molecule is COc1ccc(CNc2conc2C)c(OC(F)F)c1. The molecular weight excluding hydrogens is 270 g/mol. The highest BCUT2D eigenvalue weighted by molar-refractivity contribution is 5.47. The molecule has 108 valence electrons. The maximum Gasteiger partial charge on any atom is 0.387 e. The maximum atomic E-state index is 12.4. The van der Waals surface area contributed by atoms with Crippen LogP contribution in [0.3, 0.4) is 0 Å². The number of alkyl halides is 2. The number of anilines is 1. The molecule has 0 saturated heterocycles. The van der Waals surface area contributed by atoms with Gasteiger partial charge in [0, 0.05) is 18.2 Å². The van der Waals surface area contributed by atoms with Gasteiger partial charge in [0.15, 0.2) is 0 Å². The summed E-state index contributed by atoms with van der Waals surface area (Å²) in [6, 6.07) is 4.76. The minimum Gasteiger partial charge on any atom is -0.497 e. The van der Waals surface area contributed by atoms with Crippen molar-refractivity contribution >= 4 is 5.69 Å². The molecule has 0 unspecified atom stereocenters. The van der Waals surface area contributed by atoms with Crippen LogP contribution in [0.15, 0.2) is 29.0 Å². The lowest BCUT2D eigenvalue weighted by molar-refractivity contribution is -0.0504.